The van der Waals surface area contributed by atoms with Gasteiger partial charge in [-0.05, 0) is 59.1 Å². The molecule has 120 valence electrons. The van der Waals surface area contributed by atoms with Crippen LogP contribution >= 0.6 is 0 Å². The minimum absolute atomic E-state index is 0.291. The molecule has 0 saturated heterocycles. The lowest BCUT2D eigenvalue weighted by Crippen LogP contribution is -2.40. The van der Waals surface area contributed by atoms with Gasteiger partial charge in [-0.25, -0.2) is 4.79 Å². The normalized spacial score (nSPS) is 23.6. The number of pyridine rings is 1. The molecule has 2 atom stereocenters. The third-order valence-corrected chi connectivity index (χ3v) is 4.16. The van der Waals surface area contributed by atoms with E-state index in [4.69, 9.17) is 15.5 Å². The molecule has 3 rings (SSSR count). The van der Waals surface area contributed by atoms with E-state index in [9.17, 15) is 4.79 Å². The number of carbonyl (C=O) groups is 1. The molecular formula is C17H25N3O2. The summed E-state index contributed by atoms with van der Waals surface area (Å²) in [5.41, 5.74) is 7.92. The van der Waals surface area contributed by atoms with Crippen LogP contribution in [-0.4, -0.2) is 23.2 Å². The summed E-state index contributed by atoms with van der Waals surface area (Å²) in [7, 11) is 0. The zero-order valence-corrected chi connectivity index (χ0v) is 14.0. The summed E-state index contributed by atoms with van der Waals surface area (Å²) in [6, 6.07) is 3.88. The Morgan fingerprint density at radius 1 is 1.32 bits per heavy atom. The number of amides is 1. The van der Waals surface area contributed by atoms with Crippen LogP contribution in [0.15, 0.2) is 12.1 Å². The highest BCUT2D eigenvalue weighted by molar-refractivity contribution is 5.90. The number of rotatable bonds is 1. The Morgan fingerprint density at radius 2 is 2.00 bits per heavy atom. The maximum absolute atomic E-state index is 12.5. The van der Waals surface area contributed by atoms with Gasteiger partial charge < -0.3 is 10.5 Å². The summed E-state index contributed by atoms with van der Waals surface area (Å²) in [5, 5.41) is 0. The summed E-state index contributed by atoms with van der Waals surface area (Å²) in [4.78, 5) is 19.0. The number of ether oxygens (including phenoxy) is 1. The topological polar surface area (TPSA) is 68.5 Å². The molecule has 0 radical (unpaired) electrons. The van der Waals surface area contributed by atoms with Gasteiger partial charge in [0.25, 0.3) is 0 Å². The number of hydrogen-bond acceptors (Lipinski definition) is 4. The molecule has 1 aromatic heterocycles. The quantitative estimate of drug-likeness (QED) is 0.865. The minimum atomic E-state index is -0.496. The van der Waals surface area contributed by atoms with E-state index in [1.807, 2.05) is 46.8 Å². The molecule has 0 bridgehead atoms. The van der Waals surface area contributed by atoms with Gasteiger partial charge in [0.1, 0.15) is 5.60 Å². The second-order valence-corrected chi connectivity index (χ2v) is 8.02. The van der Waals surface area contributed by atoms with Crippen molar-refractivity contribution in [1.29, 1.82) is 0 Å². The van der Waals surface area contributed by atoms with Gasteiger partial charge in [0.2, 0.25) is 0 Å². The summed E-state index contributed by atoms with van der Waals surface area (Å²) in [6.45, 7) is 10.3. The van der Waals surface area contributed by atoms with Gasteiger partial charge in [0, 0.05) is 12.5 Å². The van der Waals surface area contributed by atoms with Crippen molar-refractivity contribution in [2.45, 2.75) is 58.1 Å². The lowest BCUT2D eigenvalue weighted by atomic mass is 9.99. The summed E-state index contributed by atoms with van der Waals surface area (Å²) in [5.74, 6) is 0.972. The maximum atomic E-state index is 12.5. The first-order valence-electron chi connectivity index (χ1n) is 7.87. The zero-order chi connectivity index (χ0) is 16.3. The molecule has 2 unspecified atom stereocenters. The van der Waals surface area contributed by atoms with Gasteiger partial charge in [-0.15, -0.1) is 0 Å². The molecule has 1 fully saturated rings. The Morgan fingerprint density at radius 3 is 2.59 bits per heavy atom. The third-order valence-electron chi connectivity index (χ3n) is 4.16. The Kier molecular flexibility index (Phi) is 3.25. The van der Waals surface area contributed by atoms with Crippen molar-refractivity contribution in [3.05, 3.63) is 23.5 Å². The second kappa shape index (κ2) is 4.69. The predicted octanol–water partition coefficient (Wildman–Crippen LogP) is 3.13. The van der Waals surface area contributed by atoms with Gasteiger partial charge in [-0.3, -0.25) is 9.88 Å². The number of aromatic nitrogens is 1. The van der Waals surface area contributed by atoms with Crippen LogP contribution in [-0.2, 0) is 10.3 Å². The third kappa shape index (κ3) is 2.82. The summed E-state index contributed by atoms with van der Waals surface area (Å²) in [6.07, 6.45) is 0.800. The molecular weight excluding hydrogens is 278 g/mol. The smallest absolute Gasteiger partial charge is 0.414 e. The summed E-state index contributed by atoms with van der Waals surface area (Å²) >= 11 is 0. The number of carbonyl (C=O) groups excluding carboxylic acids is 1. The van der Waals surface area contributed by atoms with Crippen molar-refractivity contribution in [2.75, 3.05) is 11.4 Å². The fourth-order valence-electron chi connectivity index (χ4n) is 2.93. The number of nitrogens with two attached hydrogens (primary N) is 1. The van der Waals surface area contributed by atoms with E-state index in [-0.39, 0.29) is 6.09 Å². The molecule has 5 nitrogen and oxygen atoms in total. The first-order valence-corrected chi connectivity index (χ1v) is 7.87. The SMILES string of the molecule is CC(C)(C)OC(=O)N1CC2CC2c2nc(C(C)(C)N)ccc21. The monoisotopic (exact) mass is 303 g/mol. The fourth-order valence-corrected chi connectivity index (χ4v) is 2.93. The van der Waals surface area contributed by atoms with E-state index in [1.165, 1.54) is 0 Å². The predicted molar refractivity (Wildman–Crippen MR) is 85.9 cm³/mol. The lowest BCUT2D eigenvalue weighted by molar-refractivity contribution is 0.0576. The van der Waals surface area contributed by atoms with Crippen molar-refractivity contribution in [3.8, 4) is 0 Å². The lowest BCUT2D eigenvalue weighted by Gasteiger charge is -2.31. The molecule has 2 aliphatic rings. The van der Waals surface area contributed by atoms with Crippen LogP contribution in [0.1, 0.15) is 58.3 Å². The molecule has 22 heavy (non-hydrogen) atoms. The van der Waals surface area contributed by atoms with Crippen LogP contribution in [0.2, 0.25) is 0 Å². The first-order chi connectivity index (χ1) is 10.1. The van der Waals surface area contributed by atoms with E-state index < -0.39 is 11.1 Å². The highest BCUT2D eigenvalue weighted by Gasteiger charge is 2.48. The summed E-state index contributed by atoms with van der Waals surface area (Å²) < 4.78 is 5.53. The molecule has 1 aromatic rings. The zero-order valence-electron chi connectivity index (χ0n) is 14.0. The van der Waals surface area contributed by atoms with Crippen molar-refractivity contribution in [2.24, 2.45) is 11.7 Å². The molecule has 5 heteroatoms. The number of nitrogens with zero attached hydrogens (tertiary/aromatic N) is 2. The Labute approximate surface area is 131 Å². The second-order valence-electron chi connectivity index (χ2n) is 8.02. The molecule has 0 aromatic carbocycles. The highest BCUT2D eigenvalue weighted by Crippen LogP contribution is 2.54. The molecule has 1 aliphatic heterocycles. The highest BCUT2D eigenvalue weighted by atomic mass is 16.6. The molecule has 0 spiro atoms. The van der Waals surface area contributed by atoms with Crippen LogP contribution in [0.25, 0.3) is 0 Å². The van der Waals surface area contributed by atoms with Crippen molar-refractivity contribution in [1.82, 2.24) is 4.98 Å². The Hall–Kier alpha value is -1.62. The standard InChI is InChI=1S/C17H25N3O2/c1-16(2,3)22-15(21)20-9-10-8-11(10)14-12(20)6-7-13(19-14)17(4,5)18/h6-7,10-11H,8-9,18H2,1-5H3. The molecule has 1 aliphatic carbocycles. The van der Waals surface area contributed by atoms with E-state index in [0.29, 0.717) is 11.8 Å². The van der Waals surface area contributed by atoms with Crippen LogP contribution < -0.4 is 10.6 Å². The Balaban J connectivity index is 1.94. The molecule has 1 saturated carbocycles. The average Bonchev–Trinajstić information content (AvgIpc) is 3.13. The van der Waals surface area contributed by atoms with Crippen LogP contribution in [0.5, 0.6) is 0 Å². The van der Waals surface area contributed by atoms with Crippen molar-refractivity contribution < 1.29 is 9.53 Å². The van der Waals surface area contributed by atoms with Gasteiger partial charge in [0.15, 0.2) is 0 Å². The van der Waals surface area contributed by atoms with Crippen LogP contribution in [0.3, 0.4) is 0 Å². The fraction of sp³-hybridized carbons (Fsp3) is 0.647. The van der Waals surface area contributed by atoms with E-state index in [1.54, 1.807) is 4.90 Å². The largest absolute Gasteiger partial charge is 0.443 e. The van der Waals surface area contributed by atoms with Gasteiger partial charge in [-0.1, -0.05) is 0 Å². The molecule has 2 heterocycles. The minimum Gasteiger partial charge on any atom is -0.443 e. The number of fused-ring (bicyclic) bond motifs is 3. The first kappa shape index (κ1) is 15.3. The van der Waals surface area contributed by atoms with Gasteiger partial charge in [-0.2, -0.15) is 0 Å². The van der Waals surface area contributed by atoms with Crippen LogP contribution in [0, 0.1) is 5.92 Å². The van der Waals surface area contributed by atoms with Gasteiger partial charge >= 0.3 is 6.09 Å². The van der Waals surface area contributed by atoms with Crippen molar-refractivity contribution in [3.63, 3.8) is 0 Å². The Bertz CT molecular complexity index is 613. The number of anilines is 1. The van der Waals surface area contributed by atoms with Crippen molar-refractivity contribution >= 4 is 11.8 Å². The number of hydrogen-bond donors (Lipinski definition) is 1. The molecule has 1 amide bonds. The molecule has 2 N–H and O–H groups in total. The van der Waals surface area contributed by atoms with E-state index >= 15 is 0 Å². The average molecular weight is 303 g/mol. The maximum Gasteiger partial charge on any atom is 0.414 e. The van der Waals surface area contributed by atoms with Crippen LogP contribution in [0.4, 0.5) is 10.5 Å². The van der Waals surface area contributed by atoms with Gasteiger partial charge in [0.05, 0.1) is 22.6 Å². The van der Waals surface area contributed by atoms with E-state index in [0.717, 1.165) is 30.0 Å². The van der Waals surface area contributed by atoms with E-state index in [2.05, 4.69) is 0 Å².